The average molecular weight is 296 g/mol. The molecular weight excluding hydrogens is 288 g/mol. The summed E-state index contributed by atoms with van der Waals surface area (Å²) in [5, 5.41) is 9.36. The standard InChI is InChI=1S/C14H8Cl2FNO/c15-12-6-11(17)3-2-10(12)8-19-14-4-1-9(7-18)5-13(14)16/h1-6H,8H2. The number of halogens is 3. The lowest BCUT2D eigenvalue weighted by Gasteiger charge is -2.09. The summed E-state index contributed by atoms with van der Waals surface area (Å²) in [6.45, 7) is 0.171. The molecule has 2 aromatic rings. The Bertz CT molecular complexity index is 652. The van der Waals surface area contributed by atoms with Crippen molar-refractivity contribution < 1.29 is 9.13 Å². The molecule has 0 aromatic heterocycles. The molecule has 0 fully saturated rings. The van der Waals surface area contributed by atoms with E-state index in [1.807, 2.05) is 6.07 Å². The maximum Gasteiger partial charge on any atom is 0.138 e. The topological polar surface area (TPSA) is 33.0 Å². The summed E-state index contributed by atoms with van der Waals surface area (Å²) in [5.41, 5.74) is 1.11. The van der Waals surface area contributed by atoms with Crippen molar-refractivity contribution in [2.45, 2.75) is 6.61 Å². The summed E-state index contributed by atoms with van der Waals surface area (Å²) in [7, 11) is 0. The van der Waals surface area contributed by atoms with E-state index in [1.54, 1.807) is 18.2 Å². The number of nitrogens with zero attached hydrogens (tertiary/aromatic N) is 1. The third-order valence-electron chi connectivity index (χ3n) is 2.46. The lowest BCUT2D eigenvalue weighted by molar-refractivity contribution is 0.306. The zero-order valence-electron chi connectivity index (χ0n) is 9.66. The average Bonchev–Trinajstić information content (AvgIpc) is 2.39. The molecule has 2 aromatic carbocycles. The molecule has 19 heavy (non-hydrogen) atoms. The fourth-order valence-electron chi connectivity index (χ4n) is 1.48. The minimum Gasteiger partial charge on any atom is -0.487 e. The van der Waals surface area contributed by atoms with Gasteiger partial charge in [-0.15, -0.1) is 0 Å². The third-order valence-corrected chi connectivity index (χ3v) is 3.11. The first-order chi connectivity index (χ1) is 9.10. The normalized spacial score (nSPS) is 10.0. The van der Waals surface area contributed by atoms with Crippen molar-refractivity contribution in [3.8, 4) is 11.8 Å². The molecule has 0 spiro atoms. The highest BCUT2D eigenvalue weighted by atomic mass is 35.5. The second kappa shape index (κ2) is 5.92. The van der Waals surface area contributed by atoms with Crippen molar-refractivity contribution in [1.29, 1.82) is 5.26 Å². The Labute approximate surface area is 119 Å². The zero-order valence-corrected chi connectivity index (χ0v) is 11.2. The molecule has 0 amide bonds. The minimum atomic E-state index is -0.398. The van der Waals surface area contributed by atoms with Crippen LogP contribution in [0, 0.1) is 17.1 Å². The number of nitriles is 1. The molecule has 0 atom stereocenters. The van der Waals surface area contributed by atoms with Crippen molar-refractivity contribution in [1.82, 2.24) is 0 Å². The number of rotatable bonds is 3. The first kappa shape index (κ1) is 13.7. The SMILES string of the molecule is N#Cc1ccc(OCc2ccc(F)cc2Cl)c(Cl)c1. The monoisotopic (exact) mass is 295 g/mol. The van der Waals surface area contributed by atoms with E-state index >= 15 is 0 Å². The van der Waals surface area contributed by atoms with Crippen LogP contribution in [0.25, 0.3) is 0 Å². The number of hydrogen-bond acceptors (Lipinski definition) is 2. The first-order valence-corrected chi connectivity index (χ1v) is 6.12. The van der Waals surface area contributed by atoms with Gasteiger partial charge in [0.15, 0.2) is 0 Å². The Morgan fingerprint density at radius 1 is 1.11 bits per heavy atom. The highest BCUT2D eigenvalue weighted by molar-refractivity contribution is 6.32. The van der Waals surface area contributed by atoms with Crippen LogP contribution in [0.3, 0.4) is 0 Å². The fourth-order valence-corrected chi connectivity index (χ4v) is 1.94. The molecule has 96 valence electrons. The van der Waals surface area contributed by atoms with Crippen LogP contribution in [-0.2, 0) is 6.61 Å². The Kier molecular flexibility index (Phi) is 4.26. The molecule has 0 unspecified atom stereocenters. The molecule has 0 saturated carbocycles. The Morgan fingerprint density at radius 2 is 1.89 bits per heavy atom. The van der Waals surface area contributed by atoms with Gasteiger partial charge in [0.25, 0.3) is 0 Å². The predicted molar refractivity (Wildman–Crippen MR) is 71.9 cm³/mol. The van der Waals surface area contributed by atoms with Crippen LogP contribution in [-0.4, -0.2) is 0 Å². The highest BCUT2D eigenvalue weighted by Gasteiger charge is 2.06. The first-order valence-electron chi connectivity index (χ1n) is 5.36. The van der Waals surface area contributed by atoms with Crippen LogP contribution in [0.1, 0.15) is 11.1 Å². The van der Waals surface area contributed by atoms with Crippen LogP contribution in [0.4, 0.5) is 4.39 Å². The van der Waals surface area contributed by atoms with E-state index in [9.17, 15) is 4.39 Å². The van der Waals surface area contributed by atoms with E-state index in [-0.39, 0.29) is 6.61 Å². The van der Waals surface area contributed by atoms with Gasteiger partial charge in [0, 0.05) is 5.56 Å². The van der Waals surface area contributed by atoms with E-state index in [1.165, 1.54) is 18.2 Å². The van der Waals surface area contributed by atoms with Gasteiger partial charge in [-0.2, -0.15) is 5.26 Å². The Morgan fingerprint density at radius 3 is 2.53 bits per heavy atom. The summed E-state index contributed by atoms with van der Waals surface area (Å²) >= 11 is 11.9. The smallest absolute Gasteiger partial charge is 0.138 e. The molecular formula is C14H8Cl2FNO. The summed E-state index contributed by atoms with van der Waals surface area (Å²) in [5.74, 6) is 0.0474. The number of hydrogen-bond donors (Lipinski definition) is 0. The fraction of sp³-hybridized carbons (Fsp3) is 0.0714. The molecule has 0 saturated heterocycles. The molecule has 0 N–H and O–H groups in total. The molecule has 0 aliphatic heterocycles. The van der Waals surface area contributed by atoms with Crippen molar-refractivity contribution >= 4 is 23.2 Å². The van der Waals surface area contributed by atoms with Crippen LogP contribution in [0.2, 0.25) is 10.0 Å². The summed E-state index contributed by atoms with van der Waals surface area (Å²) in [4.78, 5) is 0. The maximum absolute atomic E-state index is 12.9. The second-order valence-electron chi connectivity index (χ2n) is 3.78. The molecule has 2 rings (SSSR count). The quantitative estimate of drug-likeness (QED) is 0.830. The summed E-state index contributed by atoms with van der Waals surface area (Å²) < 4.78 is 18.4. The van der Waals surface area contributed by atoms with Crippen molar-refractivity contribution in [3.05, 3.63) is 63.4 Å². The number of benzene rings is 2. The lowest BCUT2D eigenvalue weighted by Crippen LogP contribution is -1.97. The molecule has 0 bridgehead atoms. The molecule has 0 heterocycles. The van der Waals surface area contributed by atoms with E-state index < -0.39 is 5.82 Å². The van der Waals surface area contributed by atoms with Gasteiger partial charge >= 0.3 is 0 Å². The zero-order chi connectivity index (χ0) is 13.8. The molecule has 0 radical (unpaired) electrons. The van der Waals surface area contributed by atoms with Gasteiger partial charge in [-0.3, -0.25) is 0 Å². The van der Waals surface area contributed by atoms with Crippen LogP contribution in [0.15, 0.2) is 36.4 Å². The van der Waals surface area contributed by atoms with Crippen LogP contribution < -0.4 is 4.74 Å². The van der Waals surface area contributed by atoms with Gasteiger partial charge < -0.3 is 4.74 Å². The van der Waals surface area contributed by atoms with E-state index in [0.29, 0.717) is 26.9 Å². The summed E-state index contributed by atoms with van der Waals surface area (Å²) in [6.07, 6.45) is 0. The van der Waals surface area contributed by atoms with Gasteiger partial charge in [-0.25, -0.2) is 4.39 Å². The van der Waals surface area contributed by atoms with E-state index in [4.69, 9.17) is 33.2 Å². The Hall–Kier alpha value is -1.76. The van der Waals surface area contributed by atoms with Gasteiger partial charge in [-0.05, 0) is 30.3 Å². The van der Waals surface area contributed by atoms with Gasteiger partial charge in [0.1, 0.15) is 18.2 Å². The second-order valence-corrected chi connectivity index (χ2v) is 4.60. The molecule has 2 nitrogen and oxygen atoms in total. The van der Waals surface area contributed by atoms with Crippen molar-refractivity contribution in [3.63, 3.8) is 0 Å². The third kappa shape index (κ3) is 3.37. The number of ether oxygens (including phenoxy) is 1. The highest BCUT2D eigenvalue weighted by Crippen LogP contribution is 2.27. The van der Waals surface area contributed by atoms with E-state index in [0.717, 1.165) is 0 Å². The minimum absolute atomic E-state index is 0.171. The van der Waals surface area contributed by atoms with Crippen LogP contribution >= 0.6 is 23.2 Å². The van der Waals surface area contributed by atoms with Gasteiger partial charge in [0.05, 0.1) is 21.7 Å². The summed E-state index contributed by atoms with van der Waals surface area (Å²) in [6, 6.07) is 10.8. The molecule has 5 heteroatoms. The Balaban J connectivity index is 2.13. The van der Waals surface area contributed by atoms with Crippen LogP contribution in [0.5, 0.6) is 5.75 Å². The van der Waals surface area contributed by atoms with Crippen molar-refractivity contribution in [2.24, 2.45) is 0 Å². The van der Waals surface area contributed by atoms with Gasteiger partial charge in [-0.1, -0.05) is 29.3 Å². The largest absolute Gasteiger partial charge is 0.487 e. The molecule has 0 aliphatic carbocycles. The lowest BCUT2D eigenvalue weighted by atomic mass is 10.2. The van der Waals surface area contributed by atoms with E-state index in [2.05, 4.69) is 0 Å². The van der Waals surface area contributed by atoms with Crippen molar-refractivity contribution in [2.75, 3.05) is 0 Å². The maximum atomic E-state index is 12.9. The van der Waals surface area contributed by atoms with Gasteiger partial charge in [0.2, 0.25) is 0 Å². The molecule has 0 aliphatic rings. The predicted octanol–water partition coefficient (Wildman–Crippen LogP) is 4.58.